The van der Waals surface area contributed by atoms with Crippen molar-refractivity contribution in [2.75, 3.05) is 6.54 Å². The number of halogens is 2. The van der Waals surface area contributed by atoms with E-state index in [1.807, 2.05) is 0 Å². The second kappa shape index (κ2) is 5.60. The molecule has 1 aromatic rings. The number of nitrogens with one attached hydrogen (secondary N) is 1. The van der Waals surface area contributed by atoms with Crippen molar-refractivity contribution in [1.29, 1.82) is 0 Å². The molecule has 1 fully saturated rings. The van der Waals surface area contributed by atoms with E-state index in [2.05, 4.69) is 10.3 Å². The Labute approximate surface area is 100 Å². The van der Waals surface area contributed by atoms with Crippen LogP contribution in [0.4, 0.5) is 4.39 Å². The highest BCUT2D eigenvalue weighted by atomic mass is 35.5. The van der Waals surface area contributed by atoms with Gasteiger partial charge in [0, 0.05) is 18.1 Å². The quantitative estimate of drug-likeness (QED) is 0.822. The fourth-order valence-corrected chi connectivity index (χ4v) is 2.55. The monoisotopic (exact) mass is 242 g/mol. The highest BCUT2D eigenvalue weighted by Crippen LogP contribution is 2.28. The standard InChI is InChI=1S/C12H16ClFN2/c13-11-2-1-9(3-11)5-15-6-10-4-12(14)8-16-7-10/h4,7-9,11,15H,1-3,5-6H2. The molecular weight excluding hydrogens is 227 g/mol. The van der Waals surface area contributed by atoms with Crippen molar-refractivity contribution in [3.8, 4) is 0 Å². The van der Waals surface area contributed by atoms with Gasteiger partial charge in [-0.2, -0.15) is 0 Å². The molecule has 0 aromatic carbocycles. The molecule has 1 N–H and O–H groups in total. The highest BCUT2D eigenvalue weighted by Gasteiger charge is 2.22. The summed E-state index contributed by atoms with van der Waals surface area (Å²) in [5.74, 6) is 0.394. The Hall–Kier alpha value is -0.670. The number of alkyl halides is 1. The van der Waals surface area contributed by atoms with Crippen molar-refractivity contribution in [3.05, 3.63) is 29.8 Å². The maximum Gasteiger partial charge on any atom is 0.141 e. The van der Waals surface area contributed by atoms with Crippen LogP contribution in [0.25, 0.3) is 0 Å². The van der Waals surface area contributed by atoms with Crippen molar-refractivity contribution in [1.82, 2.24) is 10.3 Å². The van der Waals surface area contributed by atoms with E-state index < -0.39 is 0 Å². The molecule has 0 radical (unpaired) electrons. The summed E-state index contributed by atoms with van der Waals surface area (Å²) in [7, 11) is 0. The molecule has 0 amide bonds. The molecule has 1 aliphatic rings. The molecule has 16 heavy (non-hydrogen) atoms. The van der Waals surface area contributed by atoms with Gasteiger partial charge >= 0.3 is 0 Å². The van der Waals surface area contributed by atoms with Crippen molar-refractivity contribution >= 4 is 11.6 Å². The second-order valence-corrected chi connectivity index (χ2v) is 5.04. The first-order chi connectivity index (χ1) is 7.74. The van der Waals surface area contributed by atoms with Gasteiger partial charge in [-0.25, -0.2) is 4.39 Å². The number of nitrogens with zero attached hydrogens (tertiary/aromatic N) is 1. The van der Waals surface area contributed by atoms with Crippen LogP contribution in [0.5, 0.6) is 0 Å². The average molecular weight is 243 g/mol. The summed E-state index contributed by atoms with van der Waals surface area (Å²) in [6.45, 7) is 1.63. The largest absolute Gasteiger partial charge is 0.312 e. The SMILES string of the molecule is Fc1cncc(CNCC2CCC(Cl)C2)c1. The summed E-state index contributed by atoms with van der Waals surface area (Å²) in [6.07, 6.45) is 6.32. The van der Waals surface area contributed by atoms with Crippen LogP contribution in [-0.4, -0.2) is 16.9 Å². The Morgan fingerprint density at radius 1 is 1.44 bits per heavy atom. The molecule has 0 saturated heterocycles. The van der Waals surface area contributed by atoms with Crippen molar-refractivity contribution in [2.24, 2.45) is 5.92 Å². The molecule has 4 heteroatoms. The van der Waals surface area contributed by atoms with E-state index in [-0.39, 0.29) is 5.82 Å². The molecule has 0 spiro atoms. The van der Waals surface area contributed by atoms with Gasteiger partial charge in [-0.1, -0.05) is 0 Å². The molecule has 0 bridgehead atoms. The van der Waals surface area contributed by atoms with Gasteiger partial charge in [-0.05, 0) is 43.4 Å². The molecule has 1 heterocycles. The number of hydrogen-bond acceptors (Lipinski definition) is 2. The van der Waals surface area contributed by atoms with Gasteiger partial charge < -0.3 is 5.32 Å². The van der Waals surface area contributed by atoms with Gasteiger partial charge in [0.2, 0.25) is 0 Å². The zero-order chi connectivity index (χ0) is 11.4. The zero-order valence-electron chi connectivity index (χ0n) is 9.13. The number of pyridine rings is 1. The summed E-state index contributed by atoms with van der Waals surface area (Å²) in [5.41, 5.74) is 0.889. The smallest absolute Gasteiger partial charge is 0.141 e. The van der Waals surface area contributed by atoms with Crippen LogP contribution in [0.1, 0.15) is 24.8 Å². The van der Waals surface area contributed by atoms with Gasteiger partial charge in [-0.3, -0.25) is 4.98 Å². The van der Waals surface area contributed by atoms with Crippen LogP contribution < -0.4 is 5.32 Å². The molecule has 0 aliphatic heterocycles. The first-order valence-electron chi connectivity index (χ1n) is 5.68. The summed E-state index contributed by atoms with van der Waals surface area (Å²) >= 11 is 6.04. The Balaban J connectivity index is 1.72. The van der Waals surface area contributed by atoms with Crippen LogP contribution in [0, 0.1) is 11.7 Å². The fourth-order valence-electron chi connectivity index (χ4n) is 2.17. The minimum Gasteiger partial charge on any atom is -0.312 e. The van der Waals surface area contributed by atoms with Crippen LogP contribution in [0.2, 0.25) is 0 Å². The third-order valence-electron chi connectivity index (χ3n) is 3.00. The van der Waals surface area contributed by atoms with Crippen molar-refractivity contribution in [3.63, 3.8) is 0 Å². The van der Waals surface area contributed by atoms with E-state index in [1.54, 1.807) is 6.20 Å². The minimum absolute atomic E-state index is 0.277. The van der Waals surface area contributed by atoms with Crippen LogP contribution in [0.15, 0.2) is 18.5 Å². The average Bonchev–Trinajstić information content (AvgIpc) is 2.64. The van der Waals surface area contributed by atoms with Gasteiger partial charge in [0.25, 0.3) is 0 Å². The Bertz CT molecular complexity index is 346. The fraction of sp³-hybridized carbons (Fsp3) is 0.583. The van der Waals surface area contributed by atoms with Crippen molar-refractivity contribution < 1.29 is 4.39 Å². The predicted molar refractivity (Wildman–Crippen MR) is 62.9 cm³/mol. The van der Waals surface area contributed by atoms with Crippen LogP contribution in [0.3, 0.4) is 0 Å². The maximum absolute atomic E-state index is 12.8. The Morgan fingerprint density at radius 2 is 2.31 bits per heavy atom. The molecule has 1 saturated carbocycles. The normalized spacial score (nSPS) is 24.9. The minimum atomic E-state index is -0.277. The van der Waals surface area contributed by atoms with Crippen molar-refractivity contribution in [2.45, 2.75) is 31.2 Å². The predicted octanol–water partition coefficient (Wildman–Crippen LogP) is 2.72. The number of rotatable bonds is 4. The van der Waals surface area contributed by atoms with Crippen LogP contribution >= 0.6 is 11.6 Å². The van der Waals surface area contributed by atoms with Gasteiger partial charge in [0.15, 0.2) is 0 Å². The maximum atomic E-state index is 12.8. The highest BCUT2D eigenvalue weighted by molar-refractivity contribution is 6.20. The molecule has 2 rings (SSSR count). The van der Waals surface area contributed by atoms with E-state index >= 15 is 0 Å². The van der Waals surface area contributed by atoms with E-state index in [1.165, 1.54) is 18.7 Å². The van der Waals surface area contributed by atoms with Gasteiger partial charge in [-0.15, -0.1) is 11.6 Å². The Kier molecular flexibility index (Phi) is 4.13. The molecule has 2 atom stereocenters. The lowest BCUT2D eigenvalue weighted by Gasteiger charge is -2.10. The first-order valence-corrected chi connectivity index (χ1v) is 6.12. The molecule has 2 nitrogen and oxygen atoms in total. The van der Waals surface area contributed by atoms with Gasteiger partial charge in [0.1, 0.15) is 5.82 Å². The topological polar surface area (TPSA) is 24.9 Å². The summed E-state index contributed by atoms with van der Waals surface area (Å²) in [6, 6.07) is 1.51. The third kappa shape index (κ3) is 3.42. The van der Waals surface area contributed by atoms with E-state index in [9.17, 15) is 4.39 Å². The lowest BCUT2D eigenvalue weighted by molar-refractivity contribution is 0.488. The number of aromatic nitrogens is 1. The van der Waals surface area contributed by atoms with Gasteiger partial charge in [0.05, 0.1) is 6.20 Å². The lowest BCUT2D eigenvalue weighted by Crippen LogP contribution is -2.21. The third-order valence-corrected chi connectivity index (χ3v) is 3.40. The van der Waals surface area contributed by atoms with Crippen LogP contribution in [-0.2, 0) is 6.54 Å². The summed E-state index contributed by atoms with van der Waals surface area (Å²) in [5, 5.41) is 3.68. The lowest BCUT2D eigenvalue weighted by atomic mass is 10.1. The Morgan fingerprint density at radius 3 is 3.00 bits per heavy atom. The molecule has 1 aromatic heterocycles. The molecule has 1 aliphatic carbocycles. The molecule has 2 unspecified atom stereocenters. The molecular formula is C12H16ClFN2. The summed E-state index contributed by atoms with van der Waals surface area (Å²) in [4.78, 5) is 3.81. The second-order valence-electron chi connectivity index (χ2n) is 4.42. The van der Waals surface area contributed by atoms with E-state index in [0.29, 0.717) is 17.8 Å². The summed E-state index contributed by atoms with van der Waals surface area (Å²) < 4.78 is 12.8. The van der Waals surface area contributed by atoms with E-state index in [0.717, 1.165) is 24.9 Å². The first kappa shape index (κ1) is 11.8. The molecule has 88 valence electrons. The number of hydrogen-bond donors (Lipinski definition) is 1. The van der Waals surface area contributed by atoms with E-state index in [4.69, 9.17) is 11.6 Å². The zero-order valence-corrected chi connectivity index (χ0v) is 9.88.